The topological polar surface area (TPSA) is 22.1 Å². The third kappa shape index (κ3) is 2.05. The van der Waals surface area contributed by atoms with Crippen LogP contribution in [0.3, 0.4) is 0 Å². The molecular formula is C13H17NO. The lowest BCUT2D eigenvalue weighted by Crippen LogP contribution is -2.12. The number of rotatable bonds is 2. The molecule has 1 aromatic heterocycles. The van der Waals surface area contributed by atoms with E-state index < -0.39 is 0 Å². The van der Waals surface area contributed by atoms with Gasteiger partial charge < -0.3 is 4.74 Å². The highest BCUT2D eigenvalue weighted by Gasteiger charge is 2.25. The lowest BCUT2D eigenvalue weighted by atomic mass is 10.0. The van der Waals surface area contributed by atoms with Crippen LogP contribution >= 0.6 is 0 Å². The summed E-state index contributed by atoms with van der Waals surface area (Å²) in [5, 5.41) is 0. The Hall–Kier alpha value is -0.890. The number of aromatic nitrogens is 1. The number of pyridine rings is 1. The van der Waals surface area contributed by atoms with Crippen LogP contribution in [0.5, 0.6) is 0 Å². The maximum atomic E-state index is 5.76. The molecule has 1 aliphatic carbocycles. The van der Waals surface area contributed by atoms with E-state index in [4.69, 9.17) is 4.74 Å². The van der Waals surface area contributed by atoms with E-state index in [-0.39, 0.29) is 6.10 Å². The monoisotopic (exact) mass is 203 g/mol. The molecule has 0 bridgehead atoms. The van der Waals surface area contributed by atoms with Crippen LogP contribution in [0.2, 0.25) is 0 Å². The van der Waals surface area contributed by atoms with Crippen LogP contribution in [-0.2, 0) is 4.74 Å². The molecule has 1 aromatic rings. The van der Waals surface area contributed by atoms with E-state index >= 15 is 0 Å². The van der Waals surface area contributed by atoms with E-state index in [2.05, 4.69) is 17.1 Å². The molecule has 0 N–H and O–H groups in total. The normalized spacial score (nSPS) is 26.5. The quantitative estimate of drug-likeness (QED) is 0.736. The molecule has 2 heteroatoms. The Kier molecular flexibility index (Phi) is 2.45. The fraction of sp³-hybridized carbons (Fsp3) is 0.615. The van der Waals surface area contributed by atoms with Crippen molar-refractivity contribution in [3.05, 3.63) is 29.6 Å². The first kappa shape index (κ1) is 9.34. The summed E-state index contributed by atoms with van der Waals surface area (Å²) in [5.74, 6) is 0.815. The molecule has 2 fully saturated rings. The largest absolute Gasteiger partial charge is 0.372 e. The van der Waals surface area contributed by atoms with Gasteiger partial charge in [0.1, 0.15) is 0 Å². The summed E-state index contributed by atoms with van der Waals surface area (Å²) in [6.07, 6.45) is 8.54. The molecule has 1 aliphatic heterocycles. The average molecular weight is 203 g/mol. The van der Waals surface area contributed by atoms with Crippen LogP contribution in [0, 0.1) is 0 Å². The van der Waals surface area contributed by atoms with Crippen LogP contribution in [0.1, 0.15) is 55.4 Å². The maximum absolute atomic E-state index is 5.76. The Balaban J connectivity index is 1.80. The molecular weight excluding hydrogens is 186 g/mol. The first-order valence-electron chi connectivity index (χ1n) is 6.01. The van der Waals surface area contributed by atoms with Gasteiger partial charge in [-0.25, -0.2) is 0 Å². The lowest BCUT2D eigenvalue weighted by molar-refractivity contribution is 0.0123. The number of hydrogen-bond donors (Lipinski definition) is 0. The van der Waals surface area contributed by atoms with Gasteiger partial charge in [0.2, 0.25) is 0 Å². The second-order valence-corrected chi connectivity index (χ2v) is 4.64. The van der Waals surface area contributed by atoms with Crippen molar-refractivity contribution in [3.63, 3.8) is 0 Å². The molecule has 1 saturated heterocycles. The van der Waals surface area contributed by atoms with Gasteiger partial charge in [0.25, 0.3) is 0 Å². The highest BCUT2D eigenvalue weighted by Crippen LogP contribution is 2.40. The fourth-order valence-corrected chi connectivity index (χ4v) is 2.29. The van der Waals surface area contributed by atoms with E-state index in [0.29, 0.717) is 0 Å². The Morgan fingerprint density at radius 2 is 2.13 bits per heavy atom. The van der Waals surface area contributed by atoms with Crippen LogP contribution in [0.15, 0.2) is 18.3 Å². The predicted octanol–water partition coefficient (Wildman–Crippen LogP) is 3.20. The SMILES string of the molecule is c1cc(C2CC2)cc(C2CCCCO2)n1. The number of ether oxygens (including phenoxy) is 1. The molecule has 0 amide bonds. The van der Waals surface area contributed by atoms with Crippen LogP contribution < -0.4 is 0 Å². The summed E-state index contributed by atoms with van der Waals surface area (Å²) >= 11 is 0. The van der Waals surface area contributed by atoms with Gasteiger partial charge in [0.15, 0.2) is 0 Å². The minimum absolute atomic E-state index is 0.262. The fourth-order valence-electron chi connectivity index (χ4n) is 2.29. The van der Waals surface area contributed by atoms with E-state index in [9.17, 15) is 0 Å². The standard InChI is InChI=1S/C13H17NO/c1-2-8-15-13(3-1)12-9-11(6-7-14-12)10-4-5-10/h6-7,9-10,13H,1-5,8H2. The van der Waals surface area contributed by atoms with Crippen molar-refractivity contribution in [1.29, 1.82) is 0 Å². The van der Waals surface area contributed by atoms with Crippen molar-refractivity contribution in [3.8, 4) is 0 Å². The van der Waals surface area contributed by atoms with Gasteiger partial charge in [-0.2, -0.15) is 0 Å². The minimum Gasteiger partial charge on any atom is -0.372 e. The number of nitrogens with zero attached hydrogens (tertiary/aromatic N) is 1. The van der Waals surface area contributed by atoms with E-state index in [1.807, 2.05) is 6.20 Å². The zero-order chi connectivity index (χ0) is 10.1. The molecule has 3 rings (SSSR count). The molecule has 1 atom stereocenters. The van der Waals surface area contributed by atoms with Crippen molar-refractivity contribution in [2.75, 3.05) is 6.61 Å². The zero-order valence-electron chi connectivity index (χ0n) is 8.98. The Bertz CT molecular complexity index is 340. The lowest BCUT2D eigenvalue weighted by Gasteiger charge is -2.22. The Morgan fingerprint density at radius 3 is 2.87 bits per heavy atom. The van der Waals surface area contributed by atoms with E-state index in [1.54, 1.807) is 0 Å². The molecule has 2 aliphatic rings. The highest BCUT2D eigenvalue weighted by atomic mass is 16.5. The Labute approximate surface area is 90.7 Å². The summed E-state index contributed by atoms with van der Waals surface area (Å²) in [6, 6.07) is 4.41. The molecule has 0 radical (unpaired) electrons. The van der Waals surface area contributed by atoms with Crippen molar-refractivity contribution in [1.82, 2.24) is 4.98 Å². The van der Waals surface area contributed by atoms with Crippen molar-refractivity contribution in [2.24, 2.45) is 0 Å². The smallest absolute Gasteiger partial charge is 0.0994 e. The summed E-state index contributed by atoms with van der Waals surface area (Å²) in [7, 11) is 0. The second-order valence-electron chi connectivity index (χ2n) is 4.64. The van der Waals surface area contributed by atoms with E-state index in [0.717, 1.165) is 24.6 Å². The molecule has 2 heterocycles. The molecule has 80 valence electrons. The van der Waals surface area contributed by atoms with Crippen molar-refractivity contribution in [2.45, 2.75) is 44.1 Å². The Morgan fingerprint density at radius 1 is 1.20 bits per heavy atom. The van der Waals surface area contributed by atoms with Gasteiger partial charge in [-0.05, 0) is 55.7 Å². The average Bonchev–Trinajstić information content (AvgIpc) is 3.14. The van der Waals surface area contributed by atoms with Gasteiger partial charge in [0, 0.05) is 12.8 Å². The third-order valence-corrected chi connectivity index (χ3v) is 3.36. The van der Waals surface area contributed by atoms with Gasteiger partial charge in [-0.3, -0.25) is 4.98 Å². The van der Waals surface area contributed by atoms with Crippen LogP contribution in [-0.4, -0.2) is 11.6 Å². The summed E-state index contributed by atoms with van der Waals surface area (Å²) in [5.41, 5.74) is 2.62. The van der Waals surface area contributed by atoms with Gasteiger partial charge in [-0.15, -0.1) is 0 Å². The van der Waals surface area contributed by atoms with Crippen LogP contribution in [0.4, 0.5) is 0 Å². The molecule has 1 unspecified atom stereocenters. The summed E-state index contributed by atoms with van der Waals surface area (Å²) in [4.78, 5) is 4.45. The minimum atomic E-state index is 0.262. The maximum Gasteiger partial charge on any atom is 0.0994 e. The van der Waals surface area contributed by atoms with Gasteiger partial charge in [-0.1, -0.05) is 0 Å². The molecule has 0 spiro atoms. The summed E-state index contributed by atoms with van der Waals surface area (Å²) < 4.78 is 5.76. The van der Waals surface area contributed by atoms with Crippen molar-refractivity contribution < 1.29 is 4.74 Å². The highest BCUT2D eigenvalue weighted by molar-refractivity contribution is 5.25. The molecule has 15 heavy (non-hydrogen) atoms. The predicted molar refractivity (Wildman–Crippen MR) is 58.8 cm³/mol. The first-order chi connectivity index (χ1) is 7.43. The van der Waals surface area contributed by atoms with Gasteiger partial charge in [0.05, 0.1) is 11.8 Å². The molecule has 0 aromatic carbocycles. The third-order valence-electron chi connectivity index (χ3n) is 3.36. The molecule has 1 saturated carbocycles. The first-order valence-corrected chi connectivity index (χ1v) is 6.01. The summed E-state index contributed by atoms with van der Waals surface area (Å²) in [6.45, 7) is 0.903. The second kappa shape index (κ2) is 3.93. The van der Waals surface area contributed by atoms with E-state index in [1.165, 1.54) is 31.2 Å². The number of hydrogen-bond acceptors (Lipinski definition) is 2. The van der Waals surface area contributed by atoms with Crippen molar-refractivity contribution >= 4 is 0 Å². The van der Waals surface area contributed by atoms with Gasteiger partial charge >= 0.3 is 0 Å². The zero-order valence-corrected chi connectivity index (χ0v) is 8.98. The van der Waals surface area contributed by atoms with Crippen LogP contribution in [0.25, 0.3) is 0 Å². The molecule has 2 nitrogen and oxygen atoms in total.